The summed E-state index contributed by atoms with van der Waals surface area (Å²) in [5.41, 5.74) is 9.11. The van der Waals surface area contributed by atoms with Gasteiger partial charge in [0.15, 0.2) is 0 Å². The topological polar surface area (TPSA) is 182 Å². The maximum atomic E-state index is 14.8. The van der Waals surface area contributed by atoms with Crippen LogP contribution >= 0.6 is 0 Å². The summed E-state index contributed by atoms with van der Waals surface area (Å²) in [5, 5.41) is 25.4. The first kappa shape index (κ1) is 76.4. The minimum Gasteiger partial charge on any atom is -0.500 e. The second kappa shape index (κ2) is 37.0. The number of aromatic nitrogens is 4. The molecule has 0 aliphatic heterocycles. The first-order valence-corrected chi connectivity index (χ1v) is 29.6. The van der Waals surface area contributed by atoms with Gasteiger partial charge in [-0.3, -0.25) is 4.98 Å². The summed E-state index contributed by atoms with van der Waals surface area (Å²) in [7, 11) is -4.78. The summed E-state index contributed by atoms with van der Waals surface area (Å²) in [5.74, 6) is -0.585. The first-order chi connectivity index (χ1) is 44.6. The Morgan fingerprint density at radius 3 is 1.23 bits per heavy atom. The molecule has 0 aliphatic carbocycles. The van der Waals surface area contributed by atoms with Crippen molar-refractivity contribution in [3.63, 3.8) is 0 Å². The van der Waals surface area contributed by atoms with Crippen LogP contribution < -0.4 is 0 Å². The predicted octanol–water partition coefficient (Wildman–Crippen LogP) is 18.8. The van der Waals surface area contributed by atoms with E-state index in [9.17, 15) is 30.4 Å². The third-order valence-electron chi connectivity index (χ3n) is 13.4. The van der Waals surface area contributed by atoms with E-state index in [2.05, 4.69) is 42.5 Å². The van der Waals surface area contributed by atoms with Crippen LogP contribution in [0.25, 0.3) is 111 Å². The second-order valence-electron chi connectivity index (χ2n) is 19.5. The number of rotatable bonds is 7. The molecule has 0 amide bonds. The Bertz CT molecular complexity index is 4370. The standard InChI is InChI=1S/C24H16FNO.C24H15FNO.2C11H8N.C2H6O.CHF3O4S.CH4O.CH3.2Ir/c2*1-15-8-10-16(11-9-15)22-20(25)13-12-18-17-5-4-6-19(23(17)27-24(18)22)21-7-2-3-14-26-21;2*1-2-6-10(7-3-1)11-8-4-5-9-12-11;1-2-3;2-1(3,4)9(6,7)8-5;1-2;;;/h2-14H,1H3;2-5,7-14H,1H3;2*1-6,8-9H;3H,2H2,1H3;5H;2H,1H3;1H3;;/q;3*-1;;;;-1;;. The average molecular weight is 1660 g/mol. The molecule has 95 heavy (non-hydrogen) atoms. The van der Waals surface area contributed by atoms with Crippen LogP contribution in [-0.4, -0.2) is 63.0 Å². The Morgan fingerprint density at radius 1 is 0.463 bits per heavy atom. The third-order valence-corrected chi connectivity index (χ3v) is 14.2. The summed E-state index contributed by atoms with van der Waals surface area (Å²) >= 11 is 0. The molecule has 0 spiro atoms. The number of alkyl halides is 3. The van der Waals surface area contributed by atoms with Gasteiger partial charge in [-0.25, -0.2) is 14.0 Å². The number of aryl methyl sites for hydroxylation is 2. The molecule has 12 nitrogen and oxygen atoms in total. The van der Waals surface area contributed by atoms with Crippen molar-refractivity contribution in [1.82, 2.24) is 19.9 Å². The number of furan rings is 2. The van der Waals surface area contributed by atoms with E-state index in [1.54, 1.807) is 43.8 Å². The van der Waals surface area contributed by atoms with Crippen molar-refractivity contribution >= 4 is 54.0 Å². The van der Waals surface area contributed by atoms with Crippen LogP contribution in [0.3, 0.4) is 0 Å². The van der Waals surface area contributed by atoms with Crippen LogP contribution in [-0.2, 0) is 54.7 Å². The van der Waals surface area contributed by atoms with E-state index in [0.29, 0.717) is 27.9 Å². The largest absolute Gasteiger partial charge is 0.525 e. The number of hydrogen-bond donors (Lipinski definition) is 3. The number of nitrogens with zero attached hydrogens (tertiary/aromatic N) is 4. The van der Waals surface area contributed by atoms with Crippen molar-refractivity contribution in [3.05, 3.63) is 298 Å². The van der Waals surface area contributed by atoms with Gasteiger partial charge >= 0.3 is 15.6 Å². The number of hydrogen-bond acceptors (Lipinski definition) is 12. The summed E-state index contributed by atoms with van der Waals surface area (Å²) in [6.45, 7) is 5.96. The molecule has 0 bridgehead atoms. The van der Waals surface area contributed by atoms with E-state index in [-0.39, 0.29) is 65.9 Å². The number of pyridine rings is 4. The zero-order valence-electron chi connectivity index (χ0n) is 51.5. The number of halogens is 5. The van der Waals surface area contributed by atoms with Crippen LogP contribution in [0.5, 0.6) is 0 Å². The molecule has 492 valence electrons. The van der Waals surface area contributed by atoms with Crippen LogP contribution in [0.4, 0.5) is 22.0 Å². The van der Waals surface area contributed by atoms with Gasteiger partial charge in [-0.1, -0.05) is 125 Å². The van der Waals surface area contributed by atoms with Crippen molar-refractivity contribution in [2.24, 2.45) is 0 Å². The van der Waals surface area contributed by atoms with Crippen molar-refractivity contribution in [3.8, 4) is 67.3 Å². The minimum absolute atomic E-state index is 0. The zero-order valence-corrected chi connectivity index (χ0v) is 57.1. The average Bonchev–Trinajstić information content (AvgIpc) is 1.61. The molecule has 0 saturated heterocycles. The van der Waals surface area contributed by atoms with Crippen LogP contribution in [0.1, 0.15) is 18.1 Å². The molecular weight excluding hydrogens is 1600 g/mol. The van der Waals surface area contributed by atoms with Gasteiger partial charge in [0.05, 0.1) is 22.4 Å². The molecule has 0 saturated carbocycles. The molecule has 2 radical (unpaired) electrons. The van der Waals surface area contributed by atoms with E-state index in [1.807, 2.05) is 214 Å². The molecule has 0 fully saturated rings. The van der Waals surface area contributed by atoms with Gasteiger partial charge in [0.2, 0.25) is 0 Å². The smallest absolute Gasteiger partial charge is 0.500 e. The van der Waals surface area contributed by atoms with Crippen LogP contribution in [0.2, 0.25) is 0 Å². The van der Waals surface area contributed by atoms with Gasteiger partial charge < -0.3 is 41.4 Å². The van der Waals surface area contributed by atoms with E-state index >= 15 is 0 Å². The number of fused-ring (bicyclic) bond motifs is 6. The van der Waals surface area contributed by atoms with Gasteiger partial charge in [0.1, 0.15) is 28.4 Å². The van der Waals surface area contributed by atoms with Crippen LogP contribution in [0, 0.1) is 51.1 Å². The molecule has 14 aromatic rings. The van der Waals surface area contributed by atoms with Gasteiger partial charge in [-0.2, -0.15) is 21.6 Å². The maximum absolute atomic E-state index is 14.8. The number of para-hydroxylation sites is 1. The fourth-order valence-electron chi connectivity index (χ4n) is 9.21. The van der Waals surface area contributed by atoms with Crippen molar-refractivity contribution in [2.75, 3.05) is 13.7 Å². The monoisotopic (exact) mass is 1660 g/mol. The fraction of sp³-hybridized carbons (Fsp3) is 0.0800. The Balaban J connectivity index is 0.000000223. The van der Waals surface area contributed by atoms with E-state index in [4.69, 9.17) is 24.3 Å². The Morgan fingerprint density at radius 2 is 0.853 bits per heavy atom. The third kappa shape index (κ3) is 19.4. The summed E-state index contributed by atoms with van der Waals surface area (Å²) in [6.07, 6.45) is 7.07. The summed E-state index contributed by atoms with van der Waals surface area (Å²) in [6, 6.07) is 80.3. The molecule has 0 aliphatic rings. The number of benzene rings is 8. The predicted molar refractivity (Wildman–Crippen MR) is 356 cm³/mol. The minimum atomic E-state index is -5.78. The molecule has 0 unspecified atom stereocenters. The second-order valence-corrected chi connectivity index (χ2v) is 21.0. The molecule has 0 atom stereocenters. The van der Waals surface area contributed by atoms with Gasteiger partial charge in [0, 0.05) is 100 Å². The van der Waals surface area contributed by atoms with E-state index < -0.39 is 15.6 Å². The van der Waals surface area contributed by atoms with Crippen molar-refractivity contribution in [2.45, 2.75) is 26.3 Å². The fourth-order valence-corrected chi connectivity index (χ4v) is 9.30. The van der Waals surface area contributed by atoms with Crippen molar-refractivity contribution in [1.29, 1.82) is 0 Å². The molecule has 6 aromatic heterocycles. The number of aliphatic hydroxyl groups is 2. The van der Waals surface area contributed by atoms with E-state index in [0.717, 1.165) is 102 Å². The summed E-state index contributed by atoms with van der Waals surface area (Å²) in [4.78, 5) is 17.3. The molecule has 6 heterocycles. The zero-order chi connectivity index (χ0) is 65.6. The van der Waals surface area contributed by atoms with E-state index in [1.165, 1.54) is 12.1 Å². The molecule has 3 N–H and O–H groups in total. The van der Waals surface area contributed by atoms with Gasteiger partial charge in [-0.05, 0) is 110 Å². The Labute approximate surface area is 574 Å². The normalized spacial score (nSPS) is 10.4. The quantitative estimate of drug-likeness (QED) is 0.0452. The Kier molecular flexibility index (Phi) is 29.7. The van der Waals surface area contributed by atoms with Crippen LogP contribution in [0.15, 0.2) is 258 Å². The molecular formula is C75H61F5Ir2N4O8S-4. The van der Waals surface area contributed by atoms with Gasteiger partial charge in [-0.15, -0.1) is 94.3 Å². The molecule has 14 rings (SSSR count). The Hall–Kier alpha value is -9.30. The number of aliphatic hydroxyl groups excluding tert-OH is 2. The molecule has 20 heteroatoms. The summed E-state index contributed by atoms with van der Waals surface area (Å²) < 4.78 is 95.9. The first-order valence-electron chi connectivity index (χ1n) is 28.2. The van der Waals surface area contributed by atoms with Crippen molar-refractivity contribution < 1.29 is 99.2 Å². The molecule has 8 aromatic carbocycles. The SMILES string of the molecule is CCO.CO.Cc1ccc(-c2c(F)ccc3c2oc2c(-c4ccccn4)[c-]ccc23)cc1.Cc1ccc(-c2c(F)ccc3c2oc2c(-c4ccccn4)cccc23)cc1.O=S(=O)(OO)C(F)(F)F.[CH3-].[Ir].[Ir].[c-]1ccccc1-c1ccccn1.[c-]1ccccc1-c1ccccn1. The van der Waals surface area contributed by atoms with Gasteiger partial charge in [0.25, 0.3) is 0 Å². The maximum Gasteiger partial charge on any atom is 0.525 e.